The molecule has 0 N–H and O–H groups in total. The van der Waals surface area contributed by atoms with Gasteiger partial charge >= 0.3 is 5.97 Å². The topological polar surface area (TPSA) is 50.1 Å². The summed E-state index contributed by atoms with van der Waals surface area (Å²) in [5.41, 5.74) is 0. The van der Waals surface area contributed by atoms with E-state index in [0.29, 0.717) is 5.92 Å². The number of carbonyl (C=O) groups excluding carboxylic acids is 1. The molecule has 0 aromatic carbocycles. The number of carbonyl (C=O) groups is 1. The largest absolute Gasteiger partial charge is 0.462 e. The van der Waals surface area contributed by atoms with Crippen molar-refractivity contribution in [2.45, 2.75) is 64.4 Å². The molecule has 0 aromatic heterocycles. The maximum atomic E-state index is 12.0. The number of hydrogen-bond donors (Lipinski definition) is 0. The van der Waals surface area contributed by atoms with Crippen molar-refractivity contribution < 1.29 is 9.53 Å². The summed E-state index contributed by atoms with van der Waals surface area (Å²) in [7, 11) is 0. The molecule has 0 bridgehead atoms. The van der Waals surface area contributed by atoms with Gasteiger partial charge in [-0.3, -0.25) is 4.79 Å². The molecular weight excluding hydrogens is 226 g/mol. The molecule has 100 valence electrons. The van der Waals surface area contributed by atoms with Crippen molar-refractivity contribution in [2.75, 3.05) is 0 Å². The predicted octanol–water partition coefficient (Wildman–Crippen LogP) is 3.44. The van der Waals surface area contributed by atoms with Crippen LogP contribution in [0.4, 0.5) is 0 Å². The van der Waals surface area contributed by atoms with Gasteiger partial charge in [0, 0.05) is 5.92 Å². The lowest BCUT2D eigenvalue weighted by Gasteiger charge is -2.31. The Bertz CT molecular complexity index is 328. The van der Waals surface area contributed by atoms with Crippen LogP contribution in [0.25, 0.3) is 0 Å². The van der Waals surface area contributed by atoms with Gasteiger partial charge in [0.25, 0.3) is 0 Å². The van der Waals surface area contributed by atoms with Gasteiger partial charge in [0.2, 0.25) is 0 Å². The molecule has 2 fully saturated rings. The third-order valence-electron chi connectivity index (χ3n) is 4.51. The number of hydrogen-bond acceptors (Lipinski definition) is 3. The summed E-state index contributed by atoms with van der Waals surface area (Å²) in [5, 5.41) is 8.98. The van der Waals surface area contributed by atoms with Crippen LogP contribution in [0, 0.1) is 29.1 Å². The van der Waals surface area contributed by atoms with Gasteiger partial charge in [0.1, 0.15) is 6.10 Å². The first kappa shape index (κ1) is 13.4. The molecule has 0 aromatic rings. The monoisotopic (exact) mass is 249 g/mol. The van der Waals surface area contributed by atoms with Crippen LogP contribution in [0.2, 0.25) is 0 Å². The molecule has 18 heavy (non-hydrogen) atoms. The summed E-state index contributed by atoms with van der Waals surface area (Å²) in [6.07, 6.45) is 8.24. The van der Waals surface area contributed by atoms with Crippen LogP contribution in [0.3, 0.4) is 0 Å². The van der Waals surface area contributed by atoms with Gasteiger partial charge in [0.05, 0.1) is 12.0 Å². The van der Waals surface area contributed by atoms with Gasteiger partial charge in [0.15, 0.2) is 0 Å². The molecule has 2 rings (SSSR count). The smallest absolute Gasteiger partial charge is 0.309 e. The Morgan fingerprint density at radius 2 is 1.89 bits per heavy atom. The fourth-order valence-electron chi connectivity index (χ4n) is 3.24. The Hall–Kier alpha value is -1.04. The van der Waals surface area contributed by atoms with Crippen LogP contribution in [-0.2, 0) is 9.53 Å². The Labute approximate surface area is 110 Å². The Balaban J connectivity index is 1.79. The minimum absolute atomic E-state index is 0.0160. The highest BCUT2D eigenvalue weighted by atomic mass is 16.5. The highest BCUT2D eigenvalue weighted by molar-refractivity contribution is 5.72. The molecule has 3 unspecified atom stereocenters. The van der Waals surface area contributed by atoms with Crippen LogP contribution < -0.4 is 0 Å². The van der Waals surface area contributed by atoms with E-state index in [1.54, 1.807) is 0 Å². The highest BCUT2D eigenvalue weighted by Gasteiger charge is 2.31. The molecule has 0 aliphatic heterocycles. The first-order chi connectivity index (χ1) is 8.70. The second kappa shape index (κ2) is 6.22. The molecule has 0 heterocycles. The maximum Gasteiger partial charge on any atom is 0.309 e. The van der Waals surface area contributed by atoms with Crippen molar-refractivity contribution in [3.05, 3.63) is 0 Å². The van der Waals surface area contributed by atoms with Gasteiger partial charge in [-0.1, -0.05) is 26.2 Å². The molecule has 2 aliphatic carbocycles. The Kier molecular flexibility index (Phi) is 4.63. The molecule has 0 radical (unpaired) electrons. The van der Waals surface area contributed by atoms with Crippen molar-refractivity contribution in [3.63, 3.8) is 0 Å². The fourth-order valence-corrected chi connectivity index (χ4v) is 3.24. The lowest BCUT2D eigenvalue weighted by Crippen LogP contribution is -2.32. The van der Waals surface area contributed by atoms with E-state index in [9.17, 15) is 4.79 Å². The van der Waals surface area contributed by atoms with E-state index in [1.807, 2.05) is 0 Å². The van der Waals surface area contributed by atoms with Crippen LogP contribution in [0.1, 0.15) is 58.3 Å². The molecular formula is C15H23NO2. The van der Waals surface area contributed by atoms with E-state index in [2.05, 4.69) is 13.0 Å². The van der Waals surface area contributed by atoms with E-state index in [4.69, 9.17) is 10.00 Å². The van der Waals surface area contributed by atoms with Crippen LogP contribution in [-0.4, -0.2) is 12.1 Å². The van der Waals surface area contributed by atoms with Crippen molar-refractivity contribution in [1.82, 2.24) is 0 Å². The third kappa shape index (κ3) is 3.25. The lowest BCUT2D eigenvalue weighted by atomic mass is 9.80. The van der Waals surface area contributed by atoms with Crippen molar-refractivity contribution in [3.8, 4) is 6.07 Å². The number of ether oxygens (including phenoxy) is 1. The SMILES string of the molecule is CC1CC(OC(=O)C2CCCCC2)CCC1C#N. The van der Waals surface area contributed by atoms with Gasteiger partial charge in [-0.05, 0) is 38.0 Å². The number of nitrogens with zero attached hydrogens (tertiary/aromatic N) is 1. The third-order valence-corrected chi connectivity index (χ3v) is 4.51. The van der Waals surface area contributed by atoms with E-state index in [0.717, 1.165) is 44.9 Å². The average molecular weight is 249 g/mol. The van der Waals surface area contributed by atoms with E-state index in [1.165, 1.54) is 6.42 Å². The Morgan fingerprint density at radius 3 is 2.50 bits per heavy atom. The minimum atomic E-state index is 0.0160. The van der Waals surface area contributed by atoms with Gasteiger partial charge < -0.3 is 4.74 Å². The van der Waals surface area contributed by atoms with Crippen LogP contribution in [0.15, 0.2) is 0 Å². The first-order valence-corrected chi connectivity index (χ1v) is 7.31. The summed E-state index contributed by atoms with van der Waals surface area (Å²) < 4.78 is 5.65. The summed E-state index contributed by atoms with van der Waals surface area (Å²) in [6, 6.07) is 2.35. The molecule has 2 aliphatic rings. The normalized spacial score (nSPS) is 33.7. The standard InChI is InChI=1S/C15H23NO2/c1-11-9-14(8-7-13(11)10-16)18-15(17)12-5-3-2-4-6-12/h11-14H,2-9H2,1H3. The number of rotatable bonds is 2. The number of nitriles is 1. The molecule has 3 atom stereocenters. The molecule has 2 saturated carbocycles. The molecule has 3 nitrogen and oxygen atoms in total. The van der Waals surface area contributed by atoms with Crippen molar-refractivity contribution in [2.24, 2.45) is 17.8 Å². The first-order valence-electron chi connectivity index (χ1n) is 7.31. The zero-order valence-corrected chi connectivity index (χ0v) is 11.2. The zero-order chi connectivity index (χ0) is 13.0. The summed E-state index contributed by atoms with van der Waals surface area (Å²) in [6.45, 7) is 2.09. The molecule has 0 amide bonds. The Morgan fingerprint density at radius 1 is 1.17 bits per heavy atom. The van der Waals surface area contributed by atoms with Crippen molar-refractivity contribution >= 4 is 5.97 Å². The summed E-state index contributed by atoms with van der Waals surface area (Å²) in [5.74, 6) is 0.660. The molecule has 3 heteroatoms. The van der Waals surface area contributed by atoms with E-state index in [-0.39, 0.29) is 23.9 Å². The van der Waals surface area contributed by atoms with E-state index < -0.39 is 0 Å². The van der Waals surface area contributed by atoms with Gasteiger partial charge in [-0.2, -0.15) is 5.26 Å². The minimum Gasteiger partial charge on any atom is -0.462 e. The average Bonchev–Trinajstić information content (AvgIpc) is 2.40. The lowest BCUT2D eigenvalue weighted by molar-refractivity contribution is -0.157. The highest BCUT2D eigenvalue weighted by Crippen LogP contribution is 2.32. The van der Waals surface area contributed by atoms with Gasteiger partial charge in [-0.25, -0.2) is 0 Å². The summed E-state index contributed by atoms with van der Waals surface area (Å²) in [4.78, 5) is 12.0. The quantitative estimate of drug-likeness (QED) is 0.704. The molecule has 0 spiro atoms. The fraction of sp³-hybridized carbons (Fsp3) is 0.867. The maximum absolute atomic E-state index is 12.0. The van der Waals surface area contributed by atoms with Crippen LogP contribution in [0.5, 0.6) is 0 Å². The second-order valence-corrected chi connectivity index (χ2v) is 5.92. The second-order valence-electron chi connectivity index (χ2n) is 5.92. The van der Waals surface area contributed by atoms with E-state index >= 15 is 0 Å². The van der Waals surface area contributed by atoms with Crippen LogP contribution >= 0.6 is 0 Å². The number of esters is 1. The zero-order valence-electron chi connectivity index (χ0n) is 11.2. The summed E-state index contributed by atoms with van der Waals surface area (Å²) >= 11 is 0. The molecule has 0 saturated heterocycles. The van der Waals surface area contributed by atoms with Crippen molar-refractivity contribution in [1.29, 1.82) is 5.26 Å². The predicted molar refractivity (Wildman–Crippen MR) is 68.6 cm³/mol. The van der Waals surface area contributed by atoms with Gasteiger partial charge in [-0.15, -0.1) is 0 Å².